The third kappa shape index (κ3) is 4.24. The van der Waals surface area contributed by atoms with E-state index in [0.29, 0.717) is 16.0 Å². The van der Waals surface area contributed by atoms with Crippen molar-refractivity contribution in [2.75, 3.05) is 13.1 Å². The minimum Gasteiger partial charge on any atom is -0.465 e. The first kappa shape index (κ1) is 19.0. The fourth-order valence-electron chi connectivity index (χ4n) is 3.55. The summed E-state index contributed by atoms with van der Waals surface area (Å²) in [5, 5.41) is 4.49. The van der Waals surface area contributed by atoms with Gasteiger partial charge in [-0.15, -0.1) is 11.3 Å². The number of thiazole rings is 1. The molecule has 0 radical (unpaired) electrons. The summed E-state index contributed by atoms with van der Waals surface area (Å²) in [6.45, 7) is 7.17. The molecule has 1 fully saturated rings. The van der Waals surface area contributed by atoms with Crippen LogP contribution in [0.2, 0.25) is 10.0 Å². The zero-order valence-electron chi connectivity index (χ0n) is 15.5. The number of likely N-dealkylation sites (tertiary alicyclic amines) is 1. The molecule has 0 amide bonds. The van der Waals surface area contributed by atoms with Gasteiger partial charge in [0.1, 0.15) is 11.5 Å². The molecule has 4 rings (SSSR count). The third-order valence-electron chi connectivity index (χ3n) is 5.27. The van der Waals surface area contributed by atoms with Crippen LogP contribution in [0.15, 0.2) is 34.1 Å². The quantitative estimate of drug-likeness (QED) is 0.469. The number of furan rings is 1. The summed E-state index contributed by atoms with van der Waals surface area (Å²) in [5.41, 5.74) is 3.24. The molecule has 142 valence electrons. The van der Waals surface area contributed by atoms with E-state index in [1.807, 2.05) is 25.1 Å². The summed E-state index contributed by atoms with van der Waals surface area (Å²) in [4.78, 5) is 7.35. The van der Waals surface area contributed by atoms with Crippen LogP contribution >= 0.6 is 34.5 Å². The van der Waals surface area contributed by atoms with Crippen molar-refractivity contribution in [3.63, 3.8) is 0 Å². The lowest BCUT2D eigenvalue weighted by Crippen LogP contribution is -2.32. The molecular formula is C21H22Cl2N2OS. The molecule has 2 aromatic heterocycles. The fourth-order valence-corrected chi connectivity index (χ4v) is 4.85. The molecule has 0 spiro atoms. The van der Waals surface area contributed by atoms with E-state index in [2.05, 4.69) is 23.3 Å². The molecule has 1 aliphatic heterocycles. The number of halogens is 2. The standard InChI is InChI=1S/C21H22Cl2N2OS/c1-13-9-17(26-14(13)2)11-25-7-5-15(6-8-25)21-24-20(12-27-21)16-3-4-18(22)19(23)10-16/h3-4,9-10,12,15H,5-8,11H2,1-2H3. The number of hydrogen-bond acceptors (Lipinski definition) is 4. The molecule has 0 aliphatic carbocycles. The Morgan fingerprint density at radius 1 is 1.15 bits per heavy atom. The Morgan fingerprint density at radius 3 is 2.59 bits per heavy atom. The molecule has 3 nitrogen and oxygen atoms in total. The monoisotopic (exact) mass is 420 g/mol. The predicted molar refractivity (Wildman–Crippen MR) is 113 cm³/mol. The van der Waals surface area contributed by atoms with E-state index >= 15 is 0 Å². The Bertz CT molecular complexity index is 922. The molecule has 0 unspecified atom stereocenters. The van der Waals surface area contributed by atoms with Gasteiger partial charge >= 0.3 is 0 Å². The summed E-state index contributed by atoms with van der Waals surface area (Å²) < 4.78 is 5.83. The van der Waals surface area contributed by atoms with E-state index in [1.54, 1.807) is 11.3 Å². The van der Waals surface area contributed by atoms with Crippen molar-refractivity contribution in [2.24, 2.45) is 0 Å². The normalized spacial score (nSPS) is 16.1. The maximum atomic E-state index is 6.14. The van der Waals surface area contributed by atoms with Gasteiger partial charge in [0.15, 0.2) is 0 Å². The van der Waals surface area contributed by atoms with Crippen molar-refractivity contribution in [1.29, 1.82) is 0 Å². The van der Waals surface area contributed by atoms with E-state index in [4.69, 9.17) is 32.6 Å². The van der Waals surface area contributed by atoms with Crippen molar-refractivity contribution < 1.29 is 4.42 Å². The Hall–Kier alpha value is -1.33. The van der Waals surface area contributed by atoms with Crippen LogP contribution in [0.5, 0.6) is 0 Å². The summed E-state index contributed by atoms with van der Waals surface area (Å²) in [6.07, 6.45) is 2.26. The SMILES string of the molecule is Cc1cc(CN2CCC(c3nc(-c4ccc(Cl)c(Cl)c4)cs3)CC2)oc1C. The molecule has 27 heavy (non-hydrogen) atoms. The summed E-state index contributed by atoms with van der Waals surface area (Å²) in [7, 11) is 0. The molecular weight excluding hydrogens is 399 g/mol. The zero-order valence-corrected chi connectivity index (χ0v) is 17.8. The number of nitrogens with zero attached hydrogens (tertiary/aromatic N) is 2. The number of aromatic nitrogens is 1. The smallest absolute Gasteiger partial charge is 0.118 e. The van der Waals surface area contributed by atoms with Gasteiger partial charge in [-0.2, -0.15) is 0 Å². The first-order valence-electron chi connectivity index (χ1n) is 9.18. The zero-order chi connectivity index (χ0) is 19.0. The molecule has 0 N–H and O–H groups in total. The lowest BCUT2D eigenvalue weighted by molar-refractivity contribution is 0.190. The minimum atomic E-state index is 0.530. The van der Waals surface area contributed by atoms with Crippen molar-refractivity contribution >= 4 is 34.5 Å². The van der Waals surface area contributed by atoms with E-state index in [-0.39, 0.29) is 0 Å². The van der Waals surface area contributed by atoms with Crippen molar-refractivity contribution in [3.05, 3.63) is 61.8 Å². The van der Waals surface area contributed by atoms with Gasteiger partial charge in [-0.3, -0.25) is 4.90 Å². The van der Waals surface area contributed by atoms with Crippen LogP contribution in [0.25, 0.3) is 11.3 Å². The van der Waals surface area contributed by atoms with Crippen molar-refractivity contribution in [2.45, 2.75) is 39.2 Å². The second-order valence-corrected chi connectivity index (χ2v) is 8.91. The van der Waals surface area contributed by atoms with Crippen LogP contribution in [0.3, 0.4) is 0 Å². The molecule has 1 aromatic carbocycles. The largest absolute Gasteiger partial charge is 0.465 e. The molecule has 3 aromatic rings. The first-order chi connectivity index (χ1) is 13.0. The maximum absolute atomic E-state index is 6.14. The third-order valence-corrected chi connectivity index (χ3v) is 7.02. The van der Waals surface area contributed by atoms with Gasteiger partial charge in [-0.1, -0.05) is 29.3 Å². The molecule has 3 heterocycles. The van der Waals surface area contributed by atoms with E-state index in [1.165, 1.54) is 10.6 Å². The summed E-state index contributed by atoms with van der Waals surface area (Å²) in [5.74, 6) is 2.62. The molecule has 0 atom stereocenters. The number of aryl methyl sites for hydroxylation is 2. The van der Waals surface area contributed by atoms with Crippen molar-refractivity contribution in [1.82, 2.24) is 9.88 Å². The van der Waals surface area contributed by atoms with Gasteiger partial charge < -0.3 is 4.42 Å². The highest BCUT2D eigenvalue weighted by Gasteiger charge is 2.24. The van der Waals surface area contributed by atoms with Crippen LogP contribution < -0.4 is 0 Å². The Morgan fingerprint density at radius 2 is 1.93 bits per heavy atom. The van der Waals surface area contributed by atoms with Gasteiger partial charge in [0.05, 0.1) is 27.3 Å². The number of rotatable bonds is 4. The van der Waals surface area contributed by atoms with Crippen LogP contribution in [0, 0.1) is 13.8 Å². The Balaban J connectivity index is 1.38. The average molecular weight is 421 g/mol. The molecule has 1 aliphatic rings. The lowest BCUT2D eigenvalue weighted by atomic mass is 9.97. The van der Waals surface area contributed by atoms with Gasteiger partial charge in [-0.05, 0) is 63.5 Å². The van der Waals surface area contributed by atoms with Crippen molar-refractivity contribution in [3.8, 4) is 11.3 Å². The molecule has 6 heteroatoms. The average Bonchev–Trinajstić information content (AvgIpc) is 3.25. The van der Waals surface area contributed by atoms with Gasteiger partial charge in [-0.25, -0.2) is 4.98 Å². The molecule has 1 saturated heterocycles. The van der Waals surface area contributed by atoms with Gasteiger partial charge in [0.2, 0.25) is 0 Å². The summed E-state index contributed by atoms with van der Waals surface area (Å²) in [6, 6.07) is 7.85. The molecule has 0 saturated carbocycles. The van der Waals surface area contributed by atoms with Crippen LogP contribution in [0.1, 0.15) is 40.9 Å². The second-order valence-electron chi connectivity index (χ2n) is 7.20. The van der Waals surface area contributed by atoms with E-state index in [0.717, 1.165) is 55.3 Å². The number of benzene rings is 1. The number of hydrogen-bond donors (Lipinski definition) is 0. The Labute approximate surface area is 173 Å². The predicted octanol–water partition coefficient (Wildman–Crippen LogP) is 6.71. The highest BCUT2D eigenvalue weighted by molar-refractivity contribution is 7.10. The second kappa shape index (κ2) is 7.96. The highest BCUT2D eigenvalue weighted by atomic mass is 35.5. The highest BCUT2D eigenvalue weighted by Crippen LogP contribution is 2.35. The van der Waals surface area contributed by atoms with Crippen LogP contribution in [-0.2, 0) is 6.54 Å². The minimum absolute atomic E-state index is 0.530. The first-order valence-corrected chi connectivity index (χ1v) is 10.8. The fraction of sp³-hybridized carbons (Fsp3) is 0.381. The number of piperidine rings is 1. The van der Waals surface area contributed by atoms with Crippen LogP contribution in [-0.4, -0.2) is 23.0 Å². The topological polar surface area (TPSA) is 29.3 Å². The maximum Gasteiger partial charge on any atom is 0.118 e. The van der Waals surface area contributed by atoms with Crippen LogP contribution in [0.4, 0.5) is 0 Å². The molecule has 0 bridgehead atoms. The van der Waals surface area contributed by atoms with Gasteiger partial charge in [0, 0.05) is 16.9 Å². The lowest BCUT2D eigenvalue weighted by Gasteiger charge is -2.30. The van der Waals surface area contributed by atoms with E-state index < -0.39 is 0 Å². The van der Waals surface area contributed by atoms with E-state index in [9.17, 15) is 0 Å². The summed E-state index contributed by atoms with van der Waals surface area (Å²) >= 11 is 13.9. The van der Waals surface area contributed by atoms with Gasteiger partial charge in [0.25, 0.3) is 0 Å². The Kier molecular flexibility index (Phi) is 5.60.